The predicted molar refractivity (Wildman–Crippen MR) is 62.4 cm³/mol. The molecule has 1 nitrogen and oxygen atoms in total. The molecule has 1 fully saturated rings. The lowest BCUT2D eigenvalue weighted by atomic mass is 9.80. The van der Waals surface area contributed by atoms with Crippen molar-refractivity contribution in [2.75, 3.05) is 0 Å². The summed E-state index contributed by atoms with van der Waals surface area (Å²) in [5.41, 5.74) is 3.54. The molecule has 1 saturated carbocycles. The third-order valence-corrected chi connectivity index (χ3v) is 4.34. The van der Waals surface area contributed by atoms with Gasteiger partial charge in [0.2, 0.25) is 0 Å². The standard InChI is InChI=1S/C14H17N/c1-3-9-10-6-4-5-7-11(10)14(15)13-8(2)12(9)13/h4-9,12-13,15H,3H2,1-2H3. The van der Waals surface area contributed by atoms with Gasteiger partial charge in [0.25, 0.3) is 0 Å². The van der Waals surface area contributed by atoms with E-state index in [2.05, 4.69) is 38.1 Å². The first kappa shape index (κ1) is 9.14. The molecular formula is C14H17N. The fourth-order valence-corrected chi connectivity index (χ4v) is 3.51. The third kappa shape index (κ3) is 1.06. The van der Waals surface area contributed by atoms with E-state index in [9.17, 15) is 0 Å². The van der Waals surface area contributed by atoms with E-state index in [0.717, 1.165) is 17.5 Å². The number of rotatable bonds is 1. The highest BCUT2D eigenvalue weighted by atomic mass is 14.7. The van der Waals surface area contributed by atoms with Crippen LogP contribution in [0.3, 0.4) is 0 Å². The Labute approximate surface area is 91.0 Å². The van der Waals surface area contributed by atoms with E-state index >= 15 is 0 Å². The first-order valence-corrected chi connectivity index (χ1v) is 5.93. The molecular weight excluding hydrogens is 182 g/mol. The van der Waals surface area contributed by atoms with E-state index in [-0.39, 0.29) is 0 Å². The molecule has 1 N–H and O–H groups in total. The van der Waals surface area contributed by atoms with Crippen LogP contribution in [0.5, 0.6) is 0 Å². The molecule has 0 radical (unpaired) electrons. The molecule has 3 rings (SSSR count). The van der Waals surface area contributed by atoms with E-state index in [4.69, 9.17) is 5.41 Å². The van der Waals surface area contributed by atoms with Crippen LogP contribution in [-0.2, 0) is 0 Å². The van der Waals surface area contributed by atoms with Gasteiger partial charge >= 0.3 is 0 Å². The average molecular weight is 199 g/mol. The lowest BCUT2D eigenvalue weighted by Gasteiger charge is -2.24. The second-order valence-electron chi connectivity index (χ2n) is 4.98. The van der Waals surface area contributed by atoms with Crippen molar-refractivity contribution in [2.24, 2.45) is 17.8 Å². The number of benzene rings is 1. The smallest absolute Gasteiger partial charge is 0.0425 e. The summed E-state index contributed by atoms with van der Waals surface area (Å²) in [5.74, 6) is 2.76. The molecule has 1 aromatic rings. The quantitative estimate of drug-likeness (QED) is 0.716. The molecule has 0 aromatic heterocycles. The zero-order chi connectivity index (χ0) is 10.6. The first-order chi connectivity index (χ1) is 7.25. The van der Waals surface area contributed by atoms with E-state index in [1.807, 2.05) is 0 Å². The number of hydrogen-bond acceptors (Lipinski definition) is 1. The predicted octanol–water partition coefficient (Wildman–Crippen LogP) is 3.44. The van der Waals surface area contributed by atoms with Gasteiger partial charge in [0.15, 0.2) is 0 Å². The van der Waals surface area contributed by atoms with Gasteiger partial charge in [-0.15, -0.1) is 0 Å². The fraction of sp³-hybridized carbons (Fsp3) is 0.500. The Morgan fingerprint density at radius 3 is 2.73 bits per heavy atom. The molecule has 0 saturated heterocycles. The summed E-state index contributed by atoms with van der Waals surface area (Å²) in [6.07, 6.45) is 1.22. The number of hydrogen-bond donors (Lipinski definition) is 1. The van der Waals surface area contributed by atoms with Crippen molar-refractivity contribution in [3.05, 3.63) is 35.4 Å². The third-order valence-electron chi connectivity index (χ3n) is 4.34. The van der Waals surface area contributed by atoms with Crippen molar-refractivity contribution in [3.63, 3.8) is 0 Å². The summed E-state index contributed by atoms with van der Waals surface area (Å²) in [6.45, 7) is 4.58. The van der Waals surface area contributed by atoms with Crippen molar-refractivity contribution < 1.29 is 0 Å². The Morgan fingerprint density at radius 2 is 2.00 bits per heavy atom. The molecule has 0 heterocycles. The Bertz CT molecular complexity index is 421. The van der Waals surface area contributed by atoms with E-state index in [0.29, 0.717) is 11.8 Å². The van der Waals surface area contributed by atoms with Crippen LogP contribution in [0.15, 0.2) is 24.3 Å². The van der Waals surface area contributed by atoms with Crippen LogP contribution >= 0.6 is 0 Å². The minimum Gasteiger partial charge on any atom is -0.304 e. The average Bonchev–Trinajstić information content (AvgIpc) is 2.92. The first-order valence-electron chi connectivity index (χ1n) is 5.93. The Balaban J connectivity index is 2.13. The van der Waals surface area contributed by atoms with Gasteiger partial charge in [-0.1, -0.05) is 38.1 Å². The molecule has 4 unspecified atom stereocenters. The van der Waals surface area contributed by atoms with Gasteiger partial charge in [-0.3, -0.25) is 0 Å². The normalized spacial score (nSPS) is 37.1. The molecule has 2 aliphatic rings. The lowest BCUT2D eigenvalue weighted by molar-refractivity contribution is 0.541. The Kier molecular flexibility index (Phi) is 1.79. The number of nitrogens with one attached hydrogen (secondary N) is 1. The van der Waals surface area contributed by atoms with Crippen molar-refractivity contribution in [1.29, 1.82) is 5.41 Å². The van der Waals surface area contributed by atoms with Gasteiger partial charge in [0, 0.05) is 11.6 Å². The van der Waals surface area contributed by atoms with Gasteiger partial charge in [-0.2, -0.15) is 0 Å². The van der Waals surface area contributed by atoms with Crippen LogP contribution in [0.2, 0.25) is 0 Å². The van der Waals surface area contributed by atoms with Gasteiger partial charge in [-0.05, 0) is 35.3 Å². The van der Waals surface area contributed by atoms with Crippen LogP contribution < -0.4 is 0 Å². The highest BCUT2D eigenvalue weighted by Gasteiger charge is 2.56. The Hall–Kier alpha value is -1.11. The van der Waals surface area contributed by atoms with Crippen molar-refractivity contribution in [3.8, 4) is 0 Å². The van der Waals surface area contributed by atoms with Gasteiger partial charge in [-0.25, -0.2) is 0 Å². The minimum absolute atomic E-state index is 0.560. The molecule has 1 heteroatoms. The zero-order valence-corrected chi connectivity index (χ0v) is 9.33. The van der Waals surface area contributed by atoms with E-state index in [1.54, 1.807) is 0 Å². The summed E-state index contributed by atoms with van der Waals surface area (Å²) in [5, 5.41) is 8.21. The summed E-state index contributed by atoms with van der Waals surface area (Å²) in [6, 6.07) is 8.52. The maximum absolute atomic E-state index is 8.21. The summed E-state index contributed by atoms with van der Waals surface area (Å²) >= 11 is 0. The van der Waals surface area contributed by atoms with Crippen LogP contribution in [0, 0.1) is 23.2 Å². The van der Waals surface area contributed by atoms with Crippen molar-refractivity contribution in [2.45, 2.75) is 26.2 Å². The van der Waals surface area contributed by atoms with Gasteiger partial charge in [0.1, 0.15) is 0 Å². The molecule has 15 heavy (non-hydrogen) atoms. The van der Waals surface area contributed by atoms with Gasteiger partial charge < -0.3 is 5.41 Å². The molecule has 4 atom stereocenters. The van der Waals surface area contributed by atoms with E-state index in [1.165, 1.54) is 17.5 Å². The zero-order valence-electron chi connectivity index (χ0n) is 9.33. The van der Waals surface area contributed by atoms with Crippen LogP contribution in [-0.4, -0.2) is 5.71 Å². The largest absolute Gasteiger partial charge is 0.304 e. The van der Waals surface area contributed by atoms with Gasteiger partial charge in [0.05, 0.1) is 0 Å². The second kappa shape index (κ2) is 2.94. The van der Waals surface area contributed by atoms with Crippen molar-refractivity contribution >= 4 is 5.71 Å². The van der Waals surface area contributed by atoms with Crippen molar-refractivity contribution in [1.82, 2.24) is 0 Å². The summed E-state index contributed by atoms with van der Waals surface area (Å²) in [4.78, 5) is 0. The summed E-state index contributed by atoms with van der Waals surface area (Å²) < 4.78 is 0. The highest BCUT2D eigenvalue weighted by Crippen LogP contribution is 2.60. The van der Waals surface area contributed by atoms with Crippen LogP contribution in [0.1, 0.15) is 37.3 Å². The molecule has 0 aliphatic heterocycles. The molecule has 2 aliphatic carbocycles. The SMILES string of the molecule is CCC1c2ccccc2C(=N)C2C(C)C12. The molecule has 0 spiro atoms. The summed E-state index contributed by atoms with van der Waals surface area (Å²) in [7, 11) is 0. The van der Waals surface area contributed by atoms with Crippen LogP contribution in [0.4, 0.5) is 0 Å². The minimum atomic E-state index is 0.560. The van der Waals surface area contributed by atoms with Crippen LogP contribution in [0.25, 0.3) is 0 Å². The molecule has 78 valence electrons. The topological polar surface area (TPSA) is 23.9 Å². The molecule has 1 aromatic carbocycles. The lowest BCUT2D eigenvalue weighted by Crippen LogP contribution is -2.18. The fourth-order valence-electron chi connectivity index (χ4n) is 3.51. The highest BCUT2D eigenvalue weighted by molar-refractivity contribution is 6.04. The molecule has 0 bridgehead atoms. The number of fused-ring (bicyclic) bond motifs is 2. The molecule has 0 amide bonds. The second-order valence-corrected chi connectivity index (χ2v) is 4.98. The maximum atomic E-state index is 8.21. The monoisotopic (exact) mass is 199 g/mol. The van der Waals surface area contributed by atoms with E-state index < -0.39 is 0 Å². The Morgan fingerprint density at radius 1 is 1.27 bits per heavy atom. The maximum Gasteiger partial charge on any atom is 0.0425 e.